The quantitative estimate of drug-likeness (QED) is 0.561. The highest BCUT2D eigenvalue weighted by atomic mass is 32.1. The summed E-state index contributed by atoms with van der Waals surface area (Å²) in [6.07, 6.45) is 2.71. The number of aliphatic hydroxyl groups is 1. The van der Waals surface area contributed by atoms with Crippen molar-refractivity contribution in [3.8, 4) is 0 Å². The van der Waals surface area contributed by atoms with Crippen LogP contribution in [0.25, 0.3) is 0 Å². The summed E-state index contributed by atoms with van der Waals surface area (Å²) in [5, 5.41) is 19.4. The van der Waals surface area contributed by atoms with Crippen LogP contribution in [0.3, 0.4) is 0 Å². The second kappa shape index (κ2) is 8.48. The van der Waals surface area contributed by atoms with Crippen molar-refractivity contribution in [2.45, 2.75) is 25.4 Å². The van der Waals surface area contributed by atoms with E-state index in [2.05, 4.69) is 26.8 Å². The smallest absolute Gasteiger partial charge is 0.144 e. The highest BCUT2D eigenvalue weighted by Crippen LogP contribution is 2.26. The van der Waals surface area contributed by atoms with E-state index in [-0.39, 0.29) is 6.61 Å². The Kier molecular flexibility index (Phi) is 6.63. The van der Waals surface area contributed by atoms with E-state index in [0.29, 0.717) is 6.54 Å². The van der Waals surface area contributed by atoms with Crippen molar-refractivity contribution in [1.82, 2.24) is 10.2 Å². The van der Waals surface area contributed by atoms with Crippen molar-refractivity contribution in [2.24, 2.45) is 5.16 Å². The molecule has 0 amide bonds. The number of aryl methyl sites for hydroxylation is 1. The monoisotopic (exact) mass is 311 g/mol. The van der Waals surface area contributed by atoms with Crippen LogP contribution in [0.5, 0.6) is 0 Å². The lowest BCUT2D eigenvalue weighted by Gasteiger charge is -2.15. The fraction of sp³-hybridized carbons (Fsp3) is 0.667. The molecule has 118 valence electrons. The zero-order valence-electron chi connectivity index (χ0n) is 12.8. The SMILES string of the molecule is CN(C)CCNCC(O)CO/N=C1/CCCc2sccc21. The average Bonchev–Trinajstić information content (AvgIpc) is 2.93. The maximum atomic E-state index is 9.83. The molecule has 1 heterocycles. The van der Waals surface area contributed by atoms with Gasteiger partial charge in [-0.2, -0.15) is 0 Å². The Morgan fingerprint density at radius 3 is 3.14 bits per heavy atom. The summed E-state index contributed by atoms with van der Waals surface area (Å²) < 4.78 is 0. The fourth-order valence-corrected chi connectivity index (χ4v) is 3.21. The predicted octanol–water partition coefficient (Wildman–Crippen LogP) is 1.32. The Labute approximate surface area is 130 Å². The highest BCUT2D eigenvalue weighted by Gasteiger charge is 2.17. The minimum Gasteiger partial charge on any atom is -0.393 e. The van der Waals surface area contributed by atoms with E-state index in [0.717, 1.165) is 38.1 Å². The summed E-state index contributed by atoms with van der Waals surface area (Å²) in [6, 6.07) is 2.11. The van der Waals surface area contributed by atoms with Crippen LogP contribution in [0.2, 0.25) is 0 Å². The standard InChI is InChI=1S/C15H25N3O2S/c1-18(2)8-7-16-10-12(19)11-20-17-14-4-3-5-15-13(14)6-9-21-15/h6,9,12,16,19H,3-5,7-8,10-11H2,1-2H3/b17-14-. The van der Waals surface area contributed by atoms with Gasteiger partial charge in [0.15, 0.2) is 0 Å². The first-order valence-electron chi connectivity index (χ1n) is 7.46. The maximum absolute atomic E-state index is 9.83. The molecule has 0 radical (unpaired) electrons. The molecular weight excluding hydrogens is 286 g/mol. The lowest BCUT2D eigenvalue weighted by Crippen LogP contribution is -2.34. The van der Waals surface area contributed by atoms with E-state index in [1.54, 1.807) is 11.3 Å². The molecule has 0 fully saturated rings. The molecule has 0 bridgehead atoms. The molecule has 0 saturated carbocycles. The van der Waals surface area contributed by atoms with Gasteiger partial charge >= 0.3 is 0 Å². The number of thiophene rings is 1. The van der Waals surface area contributed by atoms with Crippen LogP contribution >= 0.6 is 11.3 Å². The molecule has 6 heteroatoms. The number of hydrogen-bond acceptors (Lipinski definition) is 6. The Morgan fingerprint density at radius 2 is 2.33 bits per heavy atom. The van der Waals surface area contributed by atoms with Gasteiger partial charge in [0.05, 0.1) is 5.71 Å². The molecule has 1 aromatic heterocycles. The van der Waals surface area contributed by atoms with Gasteiger partial charge in [0.1, 0.15) is 12.7 Å². The number of aliphatic hydroxyl groups excluding tert-OH is 1. The van der Waals surface area contributed by atoms with Gasteiger partial charge in [-0.25, -0.2) is 0 Å². The Balaban J connectivity index is 1.68. The van der Waals surface area contributed by atoms with E-state index in [1.165, 1.54) is 10.4 Å². The summed E-state index contributed by atoms with van der Waals surface area (Å²) in [7, 11) is 4.06. The third-order valence-electron chi connectivity index (χ3n) is 3.43. The molecule has 0 saturated heterocycles. The third kappa shape index (κ3) is 5.39. The molecular formula is C15H25N3O2S. The van der Waals surface area contributed by atoms with E-state index in [1.807, 2.05) is 14.1 Å². The predicted molar refractivity (Wildman–Crippen MR) is 87.2 cm³/mol. The van der Waals surface area contributed by atoms with E-state index in [9.17, 15) is 5.11 Å². The molecule has 2 rings (SSSR count). The normalized spacial score (nSPS) is 18.0. The van der Waals surface area contributed by atoms with Gasteiger partial charge in [-0.1, -0.05) is 5.16 Å². The van der Waals surface area contributed by atoms with Crippen molar-refractivity contribution < 1.29 is 9.94 Å². The van der Waals surface area contributed by atoms with Crippen molar-refractivity contribution in [1.29, 1.82) is 0 Å². The van der Waals surface area contributed by atoms with Crippen LogP contribution in [0.4, 0.5) is 0 Å². The topological polar surface area (TPSA) is 57.1 Å². The number of hydrogen-bond donors (Lipinski definition) is 2. The molecule has 2 N–H and O–H groups in total. The summed E-state index contributed by atoms with van der Waals surface area (Å²) in [6.45, 7) is 2.58. The first-order chi connectivity index (χ1) is 10.2. The van der Waals surface area contributed by atoms with Gasteiger partial charge in [-0.15, -0.1) is 11.3 Å². The van der Waals surface area contributed by atoms with Crippen molar-refractivity contribution >= 4 is 17.0 Å². The van der Waals surface area contributed by atoms with Gasteiger partial charge in [0.25, 0.3) is 0 Å². The Bertz CT molecular complexity index is 460. The van der Waals surface area contributed by atoms with Crippen molar-refractivity contribution in [3.05, 3.63) is 21.9 Å². The number of nitrogens with zero attached hydrogens (tertiary/aromatic N) is 2. The number of fused-ring (bicyclic) bond motifs is 1. The first kappa shape index (κ1) is 16.4. The second-order valence-corrected chi connectivity index (χ2v) is 6.61. The highest BCUT2D eigenvalue weighted by molar-refractivity contribution is 7.10. The van der Waals surface area contributed by atoms with Crippen LogP contribution in [0.1, 0.15) is 23.3 Å². The molecule has 1 unspecified atom stereocenters. The minimum absolute atomic E-state index is 0.234. The Hall–Kier alpha value is -0.950. The molecule has 1 aromatic rings. The van der Waals surface area contributed by atoms with Gasteiger partial charge in [0, 0.05) is 30.1 Å². The van der Waals surface area contributed by atoms with Crippen molar-refractivity contribution in [3.63, 3.8) is 0 Å². The van der Waals surface area contributed by atoms with Crippen LogP contribution in [0, 0.1) is 0 Å². The van der Waals surface area contributed by atoms with E-state index < -0.39 is 6.10 Å². The zero-order chi connectivity index (χ0) is 15.1. The fourth-order valence-electron chi connectivity index (χ4n) is 2.27. The van der Waals surface area contributed by atoms with Gasteiger partial charge in [-0.05, 0) is 44.8 Å². The summed E-state index contributed by atoms with van der Waals surface area (Å²) in [4.78, 5) is 8.83. The van der Waals surface area contributed by atoms with Gasteiger partial charge < -0.3 is 20.2 Å². The molecule has 0 spiro atoms. The lowest BCUT2D eigenvalue weighted by atomic mass is 9.97. The molecule has 0 aliphatic heterocycles. The summed E-state index contributed by atoms with van der Waals surface area (Å²) >= 11 is 1.78. The van der Waals surface area contributed by atoms with E-state index >= 15 is 0 Å². The lowest BCUT2D eigenvalue weighted by molar-refractivity contribution is 0.0400. The van der Waals surface area contributed by atoms with E-state index in [4.69, 9.17) is 4.84 Å². The average molecular weight is 311 g/mol. The van der Waals surface area contributed by atoms with Gasteiger partial charge in [0.2, 0.25) is 0 Å². The molecule has 1 aliphatic carbocycles. The molecule has 1 atom stereocenters. The number of oxime groups is 1. The van der Waals surface area contributed by atoms with Crippen LogP contribution < -0.4 is 5.32 Å². The molecule has 0 aromatic carbocycles. The summed E-state index contributed by atoms with van der Waals surface area (Å²) in [5.41, 5.74) is 2.25. The van der Waals surface area contributed by atoms with Crippen LogP contribution in [-0.2, 0) is 11.3 Å². The number of rotatable bonds is 8. The molecule has 21 heavy (non-hydrogen) atoms. The van der Waals surface area contributed by atoms with Gasteiger partial charge in [-0.3, -0.25) is 0 Å². The third-order valence-corrected chi connectivity index (χ3v) is 4.41. The molecule has 1 aliphatic rings. The van der Waals surface area contributed by atoms with Crippen molar-refractivity contribution in [2.75, 3.05) is 40.3 Å². The first-order valence-corrected chi connectivity index (χ1v) is 8.34. The largest absolute Gasteiger partial charge is 0.393 e. The van der Waals surface area contributed by atoms with Crippen LogP contribution in [-0.4, -0.2) is 62.2 Å². The maximum Gasteiger partial charge on any atom is 0.144 e. The number of likely N-dealkylation sites (N-methyl/N-ethyl adjacent to an activating group) is 1. The van der Waals surface area contributed by atoms with Crippen LogP contribution in [0.15, 0.2) is 16.6 Å². The zero-order valence-corrected chi connectivity index (χ0v) is 13.7. The minimum atomic E-state index is -0.526. The second-order valence-electron chi connectivity index (χ2n) is 5.61. The molecule has 5 nitrogen and oxygen atoms in total. The Morgan fingerprint density at radius 1 is 1.48 bits per heavy atom. The summed E-state index contributed by atoms with van der Waals surface area (Å²) in [5.74, 6) is 0. The number of nitrogens with one attached hydrogen (secondary N) is 1.